The van der Waals surface area contributed by atoms with Gasteiger partial charge in [-0.15, -0.1) is 0 Å². The number of imide groups is 2. The number of unbranched alkanes of at least 4 members (excludes halogenated alkanes) is 1. The lowest BCUT2D eigenvalue weighted by molar-refractivity contribution is -0.143. The van der Waals surface area contributed by atoms with Crippen molar-refractivity contribution >= 4 is 17.8 Å². The SMILES string of the molecule is CCCCN1C(=O)C(=O)N(Cc2nn(-c3ccccc3)c3c2CCC3)C1=O. The lowest BCUT2D eigenvalue weighted by atomic mass is 10.2. The molecule has 1 aromatic carbocycles. The van der Waals surface area contributed by atoms with E-state index < -0.39 is 17.8 Å². The maximum atomic E-state index is 12.6. The van der Waals surface area contributed by atoms with Crippen molar-refractivity contribution in [3.05, 3.63) is 47.3 Å². The van der Waals surface area contributed by atoms with Gasteiger partial charge in [-0.1, -0.05) is 31.5 Å². The normalized spacial score (nSPS) is 16.6. The summed E-state index contributed by atoms with van der Waals surface area (Å²) in [5, 5.41) is 4.69. The number of hydrogen-bond donors (Lipinski definition) is 0. The van der Waals surface area contributed by atoms with Crippen molar-refractivity contribution in [3.63, 3.8) is 0 Å². The van der Waals surface area contributed by atoms with Gasteiger partial charge in [0.1, 0.15) is 0 Å². The van der Waals surface area contributed by atoms with Crippen LogP contribution in [0.2, 0.25) is 0 Å². The molecule has 4 amide bonds. The fourth-order valence-corrected chi connectivity index (χ4v) is 3.78. The Morgan fingerprint density at radius 1 is 1.00 bits per heavy atom. The van der Waals surface area contributed by atoms with Crippen LogP contribution < -0.4 is 0 Å². The predicted octanol–water partition coefficient (Wildman–Crippen LogP) is 2.45. The van der Waals surface area contributed by atoms with Crippen LogP contribution in [0, 0.1) is 0 Å². The summed E-state index contributed by atoms with van der Waals surface area (Å²) in [6.45, 7) is 2.31. The van der Waals surface area contributed by atoms with E-state index in [0.717, 1.165) is 52.4 Å². The fourth-order valence-electron chi connectivity index (χ4n) is 3.78. The molecule has 7 heteroatoms. The number of aromatic nitrogens is 2. The van der Waals surface area contributed by atoms with Crippen molar-refractivity contribution in [2.75, 3.05) is 6.54 Å². The molecule has 0 atom stereocenters. The Hall–Kier alpha value is -2.96. The first-order valence-corrected chi connectivity index (χ1v) is 9.44. The van der Waals surface area contributed by atoms with Gasteiger partial charge in [0.15, 0.2) is 0 Å². The summed E-state index contributed by atoms with van der Waals surface area (Å²) in [5.41, 5.74) is 3.89. The van der Waals surface area contributed by atoms with E-state index in [4.69, 9.17) is 0 Å². The van der Waals surface area contributed by atoms with E-state index >= 15 is 0 Å². The molecule has 0 radical (unpaired) electrons. The number of carbonyl (C=O) groups is 3. The zero-order valence-electron chi connectivity index (χ0n) is 15.4. The van der Waals surface area contributed by atoms with Crippen molar-refractivity contribution in [2.45, 2.75) is 45.6 Å². The van der Waals surface area contributed by atoms with Gasteiger partial charge < -0.3 is 0 Å². The molecular formula is C20H22N4O3. The number of carbonyl (C=O) groups excluding carboxylic acids is 3. The number of rotatable bonds is 6. The zero-order valence-corrected chi connectivity index (χ0v) is 15.4. The van der Waals surface area contributed by atoms with E-state index in [9.17, 15) is 14.4 Å². The molecule has 0 unspecified atom stereocenters. The van der Waals surface area contributed by atoms with Crippen LogP contribution in [0.1, 0.15) is 43.1 Å². The van der Waals surface area contributed by atoms with Crippen LogP contribution in [0.5, 0.6) is 0 Å². The van der Waals surface area contributed by atoms with Crippen molar-refractivity contribution in [1.29, 1.82) is 0 Å². The Morgan fingerprint density at radius 2 is 1.74 bits per heavy atom. The van der Waals surface area contributed by atoms with Gasteiger partial charge in [-0.3, -0.25) is 14.5 Å². The minimum atomic E-state index is -0.753. The van der Waals surface area contributed by atoms with Crippen LogP contribution in [0.4, 0.5) is 4.79 Å². The van der Waals surface area contributed by atoms with Crippen molar-refractivity contribution in [3.8, 4) is 5.69 Å². The summed E-state index contributed by atoms with van der Waals surface area (Å²) in [4.78, 5) is 39.2. The van der Waals surface area contributed by atoms with Gasteiger partial charge in [-0.25, -0.2) is 14.4 Å². The molecular weight excluding hydrogens is 344 g/mol. The number of nitrogens with zero attached hydrogens (tertiary/aromatic N) is 4. The van der Waals surface area contributed by atoms with Crippen molar-refractivity contribution < 1.29 is 14.4 Å². The maximum absolute atomic E-state index is 12.6. The summed E-state index contributed by atoms with van der Waals surface area (Å²) in [6, 6.07) is 9.30. The highest BCUT2D eigenvalue weighted by Crippen LogP contribution is 2.29. The molecule has 2 heterocycles. The Bertz CT molecular complexity index is 903. The molecule has 1 aromatic heterocycles. The molecule has 0 spiro atoms. The van der Waals surface area contributed by atoms with Gasteiger partial charge >= 0.3 is 17.8 Å². The molecule has 2 aliphatic rings. The molecule has 1 aliphatic carbocycles. The lowest BCUT2D eigenvalue weighted by Crippen LogP contribution is -2.34. The lowest BCUT2D eigenvalue weighted by Gasteiger charge is -2.14. The minimum absolute atomic E-state index is 0.0498. The van der Waals surface area contributed by atoms with Crippen LogP contribution in [-0.4, -0.2) is 44.0 Å². The predicted molar refractivity (Wildman–Crippen MR) is 98.2 cm³/mol. The number of urea groups is 1. The number of hydrogen-bond acceptors (Lipinski definition) is 4. The molecule has 0 saturated carbocycles. The standard InChI is InChI=1S/C20H22N4O3/c1-2-3-12-22-18(25)19(26)23(20(22)27)13-16-15-10-7-11-17(15)24(21-16)14-8-5-4-6-9-14/h4-6,8-9H,2-3,7,10-13H2,1H3. The van der Waals surface area contributed by atoms with Crippen LogP contribution in [0.25, 0.3) is 5.69 Å². The van der Waals surface area contributed by atoms with Crippen LogP contribution in [-0.2, 0) is 29.0 Å². The van der Waals surface area contributed by atoms with Crippen LogP contribution in [0.3, 0.4) is 0 Å². The average Bonchev–Trinajstić information content (AvgIpc) is 3.33. The molecule has 0 N–H and O–H groups in total. The van der Waals surface area contributed by atoms with E-state index in [1.165, 1.54) is 0 Å². The number of para-hydroxylation sites is 1. The van der Waals surface area contributed by atoms with Gasteiger partial charge in [0, 0.05) is 12.2 Å². The highest BCUT2D eigenvalue weighted by atomic mass is 16.2. The van der Waals surface area contributed by atoms with Crippen molar-refractivity contribution in [1.82, 2.24) is 19.6 Å². The largest absolute Gasteiger partial charge is 0.334 e. The molecule has 7 nitrogen and oxygen atoms in total. The van der Waals surface area contributed by atoms with E-state index in [-0.39, 0.29) is 13.1 Å². The second kappa shape index (κ2) is 6.98. The molecule has 2 aromatic rings. The van der Waals surface area contributed by atoms with Gasteiger partial charge in [-0.05, 0) is 43.4 Å². The van der Waals surface area contributed by atoms with E-state index in [2.05, 4.69) is 5.10 Å². The second-order valence-corrected chi connectivity index (χ2v) is 6.96. The summed E-state index contributed by atoms with van der Waals surface area (Å²) >= 11 is 0. The summed E-state index contributed by atoms with van der Waals surface area (Å²) in [6.07, 6.45) is 4.36. The third-order valence-corrected chi connectivity index (χ3v) is 5.19. The third kappa shape index (κ3) is 2.93. The minimum Gasteiger partial charge on any atom is -0.263 e. The molecule has 0 bridgehead atoms. The first-order valence-electron chi connectivity index (χ1n) is 9.44. The Labute approximate surface area is 157 Å². The van der Waals surface area contributed by atoms with E-state index in [1.54, 1.807) is 0 Å². The molecule has 1 saturated heterocycles. The average molecular weight is 366 g/mol. The molecule has 4 rings (SSSR count). The molecule has 1 aliphatic heterocycles. The van der Waals surface area contributed by atoms with E-state index in [0.29, 0.717) is 12.1 Å². The Morgan fingerprint density at radius 3 is 2.48 bits per heavy atom. The van der Waals surface area contributed by atoms with E-state index in [1.807, 2.05) is 41.9 Å². The Kier molecular flexibility index (Phi) is 4.51. The molecule has 27 heavy (non-hydrogen) atoms. The quantitative estimate of drug-likeness (QED) is 0.581. The number of benzene rings is 1. The monoisotopic (exact) mass is 366 g/mol. The molecule has 140 valence electrons. The number of fused-ring (bicyclic) bond motifs is 1. The summed E-state index contributed by atoms with van der Waals surface area (Å²) < 4.78 is 1.90. The highest BCUT2D eigenvalue weighted by Gasteiger charge is 2.44. The summed E-state index contributed by atoms with van der Waals surface area (Å²) in [7, 11) is 0. The van der Waals surface area contributed by atoms with Gasteiger partial charge in [0.2, 0.25) is 0 Å². The van der Waals surface area contributed by atoms with Gasteiger partial charge in [0.25, 0.3) is 0 Å². The zero-order chi connectivity index (χ0) is 19.0. The van der Waals surface area contributed by atoms with Gasteiger partial charge in [-0.2, -0.15) is 5.10 Å². The third-order valence-electron chi connectivity index (χ3n) is 5.19. The first kappa shape index (κ1) is 17.5. The Balaban J connectivity index is 1.63. The highest BCUT2D eigenvalue weighted by molar-refractivity contribution is 6.44. The maximum Gasteiger partial charge on any atom is 0.334 e. The smallest absolute Gasteiger partial charge is 0.263 e. The van der Waals surface area contributed by atoms with Crippen molar-refractivity contribution in [2.24, 2.45) is 0 Å². The van der Waals surface area contributed by atoms with Crippen LogP contribution in [0.15, 0.2) is 30.3 Å². The topological polar surface area (TPSA) is 75.5 Å². The fraction of sp³-hybridized carbons (Fsp3) is 0.400. The van der Waals surface area contributed by atoms with Gasteiger partial charge in [0.05, 0.1) is 17.9 Å². The second-order valence-electron chi connectivity index (χ2n) is 6.96. The molecule has 1 fully saturated rings. The number of amides is 4. The first-order chi connectivity index (χ1) is 13.1. The van der Waals surface area contributed by atoms with Crippen LogP contribution >= 0.6 is 0 Å². The summed E-state index contributed by atoms with van der Waals surface area (Å²) in [5.74, 6) is -1.48.